The van der Waals surface area contributed by atoms with Crippen LogP contribution in [0.5, 0.6) is 0 Å². The normalized spacial score (nSPS) is 10.8. The van der Waals surface area contributed by atoms with Crippen molar-refractivity contribution in [2.24, 2.45) is 0 Å². The van der Waals surface area contributed by atoms with Crippen LogP contribution in [-0.2, 0) is 13.0 Å². The van der Waals surface area contributed by atoms with Gasteiger partial charge in [-0.25, -0.2) is 9.89 Å². The van der Waals surface area contributed by atoms with E-state index < -0.39 is 0 Å². The molecule has 0 radical (unpaired) electrons. The molecular formula is C16H21N3O2S. The van der Waals surface area contributed by atoms with E-state index in [0.717, 1.165) is 19.3 Å². The lowest BCUT2D eigenvalue weighted by Gasteiger charge is -2.04. The van der Waals surface area contributed by atoms with Gasteiger partial charge >= 0.3 is 5.69 Å². The Kier molecular flexibility index (Phi) is 6.00. The summed E-state index contributed by atoms with van der Waals surface area (Å²) in [6, 6.07) is 7.75. The summed E-state index contributed by atoms with van der Waals surface area (Å²) in [6.07, 6.45) is 2.97. The number of carbonyl (C=O) groups excluding carboxylic acids is 1. The highest BCUT2D eigenvalue weighted by Gasteiger charge is 2.12. The number of benzene rings is 1. The average Bonchev–Trinajstić information content (AvgIpc) is 2.87. The molecule has 2 aromatic rings. The van der Waals surface area contributed by atoms with Crippen molar-refractivity contribution in [2.75, 3.05) is 5.75 Å². The van der Waals surface area contributed by atoms with E-state index in [1.54, 1.807) is 4.57 Å². The van der Waals surface area contributed by atoms with Crippen molar-refractivity contribution in [1.29, 1.82) is 0 Å². The molecule has 22 heavy (non-hydrogen) atoms. The number of aryl methyl sites for hydroxylation is 1. The van der Waals surface area contributed by atoms with E-state index in [4.69, 9.17) is 0 Å². The Hall–Kier alpha value is -1.82. The Labute approximate surface area is 134 Å². The fourth-order valence-corrected chi connectivity index (χ4v) is 3.06. The van der Waals surface area contributed by atoms with Crippen molar-refractivity contribution >= 4 is 17.5 Å². The Bertz CT molecular complexity index is 673. The molecule has 0 aliphatic carbocycles. The highest BCUT2D eigenvalue weighted by Crippen LogP contribution is 2.16. The van der Waals surface area contributed by atoms with Crippen LogP contribution in [0.1, 0.15) is 42.6 Å². The molecule has 0 bridgehead atoms. The van der Waals surface area contributed by atoms with Crippen molar-refractivity contribution in [3.05, 3.63) is 45.9 Å². The van der Waals surface area contributed by atoms with Crippen LogP contribution in [-0.4, -0.2) is 26.3 Å². The van der Waals surface area contributed by atoms with Gasteiger partial charge in [0, 0.05) is 12.1 Å². The summed E-state index contributed by atoms with van der Waals surface area (Å²) < 4.78 is 1.57. The molecule has 0 saturated heterocycles. The first kappa shape index (κ1) is 16.5. The number of nitrogens with zero attached hydrogens (tertiary/aromatic N) is 2. The van der Waals surface area contributed by atoms with E-state index in [9.17, 15) is 9.59 Å². The molecule has 0 unspecified atom stereocenters. The fraction of sp³-hybridized carbons (Fsp3) is 0.438. The minimum Gasteiger partial charge on any atom is -0.293 e. The molecule has 0 amide bonds. The summed E-state index contributed by atoms with van der Waals surface area (Å²) in [5.74, 6) is 0.327. The first-order chi connectivity index (χ1) is 10.7. The van der Waals surface area contributed by atoms with Gasteiger partial charge in [-0.15, -0.1) is 5.10 Å². The molecule has 0 spiro atoms. The van der Waals surface area contributed by atoms with Crippen LogP contribution in [0, 0.1) is 0 Å². The molecule has 2 rings (SSSR count). The Morgan fingerprint density at radius 2 is 1.95 bits per heavy atom. The second-order valence-corrected chi connectivity index (χ2v) is 6.06. The van der Waals surface area contributed by atoms with Crippen molar-refractivity contribution in [1.82, 2.24) is 14.8 Å². The first-order valence-electron chi connectivity index (χ1n) is 7.55. The standard InChI is InChI=1S/C16H21N3O2S/c1-3-5-12-6-8-13(9-7-12)14(20)11-22-16-18-17-15(21)19(16)10-4-2/h6-9H,3-5,10-11H2,1-2H3,(H,17,21). The van der Waals surface area contributed by atoms with Crippen molar-refractivity contribution < 1.29 is 4.79 Å². The second kappa shape index (κ2) is 7.98. The third-order valence-electron chi connectivity index (χ3n) is 3.32. The third kappa shape index (κ3) is 4.10. The molecule has 1 aromatic heterocycles. The zero-order valence-corrected chi connectivity index (χ0v) is 13.8. The number of aromatic nitrogens is 3. The number of nitrogens with one attached hydrogen (secondary N) is 1. The molecule has 1 aromatic carbocycles. The van der Waals surface area contributed by atoms with E-state index in [-0.39, 0.29) is 17.2 Å². The SMILES string of the molecule is CCCc1ccc(C(=O)CSc2n[nH]c(=O)n2CCC)cc1. The minimum absolute atomic E-state index is 0.0477. The van der Waals surface area contributed by atoms with Crippen LogP contribution in [0.25, 0.3) is 0 Å². The van der Waals surface area contributed by atoms with Gasteiger partial charge in [-0.05, 0) is 18.4 Å². The molecule has 0 aliphatic rings. The smallest absolute Gasteiger partial charge is 0.293 e. The molecule has 0 atom stereocenters. The molecule has 1 heterocycles. The minimum atomic E-state index is -0.222. The summed E-state index contributed by atoms with van der Waals surface area (Å²) in [4.78, 5) is 23.8. The van der Waals surface area contributed by atoms with Crippen molar-refractivity contribution in [3.8, 4) is 0 Å². The Morgan fingerprint density at radius 3 is 2.59 bits per heavy atom. The second-order valence-electron chi connectivity index (χ2n) is 5.12. The number of Topliss-reactive ketones (excluding diaryl/α,β-unsaturated/α-hetero) is 1. The largest absolute Gasteiger partial charge is 0.343 e. The number of rotatable bonds is 8. The number of hydrogen-bond donors (Lipinski definition) is 1. The third-order valence-corrected chi connectivity index (χ3v) is 4.29. The molecular weight excluding hydrogens is 298 g/mol. The number of aromatic amines is 1. The van der Waals surface area contributed by atoms with E-state index >= 15 is 0 Å². The van der Waals surface area contributed by atoms with Crippen LogP contribution >= 0.6 is 11.8 Å². The molecule has 0 saturated carbocycles. The van der Waals surface area contributed by atoms with Crippen LogP contribution < -0.4 is 5.69 Å². The predicted molar refractivity (Wildman–Crippen MR) is 88.6 cm³/mol. The van der Waals surface area contributed by atoms with Gasteiger partial charge in [-0.1, -0.05) is 56.3 Å². The maximum Gasteiger partial charge on any atom is 0.343 e. The fourth-order valence-electron chi connectivity index (χ4n) is 2.19. The van der Waals surface area contributed by atoms with Crippen molar-refractivity contribution in [2.45, 2.75) is 44.8 Å². The maximum absolute atomic E-state index is 12.2. The van der Waals surface area contributed by atoms with E-state index in [1.165, 1.54) is 17.3 Å². The van der Waals surface area contributed by atoms with Gasteiger partial charge in [0.15, 0.2) is 10.9 Å². The summed E-state index contributed by atoms with van der Waals surface area (Å²) in [7, 11) is 0. The monoisotopic (exact) mass is 319 g/mol. The van der Waals surface area contributed by atoms with Crippen LogP contribution in [0.15, 0.2) is 34.2 Å². The summed E-state index contributed by atoms with van der Waals surface area (Å²) in [6.45, 7) is 4.74. The number of ketones is 1. The molecule has 1 N–H and O–H groups in total. The number of thioether (sulfide) groups is 1. The summed E-state index contributed by atoms with van der Waals surface area (Å²) >= 11 is 1.30. The van der Waals surface area contributed by atoms with Gasteiger partial charge < -0.3 is 0 Å². The van der Waals surface area contributed by atoms with Gasteiger partial charge in [0.1, 0.15) is 0 Å². The average molecular weight is 319 g/mol. The Morgan fingerprint density at radius 1 is 1.23 bits per heavy atom. The lowest BCUT2D eigenvalue weighted by atomic mass is 10.1. The van der Waals surface area contributed by atoms with E-state index in [2.05, 4.69) is 17.1 Å². The highest BCUT2D eigenvalue weighted by molar-refractivity contribution is 7.99. The van der Waals surface area contributed by atoms with Gasteiger partial charge in [0.2, 0.25) is 0 Å². The van der Waals surface area contributed by atoms with Crippen LogP contribution in [0.2, 0.25) is 0 Å². The summed E-state index contributed by atoms with van der Waals surface area (Å²) in [5.41, 5.74) is 1.73. The number of carbonyl (C=O) groups is 1. The molecule has 0 fully saturated rings. The number of hydrogen-bond acceptors (Lipinski definition) is 4. The quantitative estimate of drug-likeness (QED) is 0.600. The van der Waals surface area contributed by atoms with Gasteiger partial charge in [0.05, 0.1) is 5.75 Å². The van der Waals surface area contributed by atoms with E-state index in [1.807, 2.05) is 31.2 Å². The zero-order valence-electron chi connectivity index (χ0n) is 13.0. The van der Waals surface area contributed by atoms with Gasteiger partial charge in [0.25, 0.3) is 0 Å². The van der Waals surface area contributed by atoms with Gasteiger partial charge in [-0.2, -0.15) is 0 Å². The van der Waals surface area contributed by atoms with Crippen molar-refractivity contribution in [3.63, 3.8) is 0 Å². The highest BCUT2D eigenvalue weighted by atomic mass is 32.2. The predicted octanol–water partition coefficient (Wildman–Crippen LogP) is 2.91. The number of H-pyrrole nitrogens is 1. The van der Waals surface area contributed by atoms with Gasteiger partial charge in [-0.3, -0.25) is 9.36 Å². The molecule has 6 heteroatoms. The molecule has 5 nitrogen and oxygen atoms in total. The zero-order chi connectivity index (χ0) is 15.9. The lowest BCUT2D eigenvalue weighted by Crippen LogP contribution is -2.17. The van der Waals surface area contributed by atoms with E-state index in [0.29, 0.717) is 17.3 Å². The lowest BCUT2D eigenvalue weighted by molar-refractivity contribution is 0.102. The topological polar surface area (TPSA) is 67.8 Å². The molecule has 118 valence electrons. The first-order valence-corrected chi connectivity index (χ1v) is 8.54. The van der Waals surface area contributed by atoms with Crippen LogP contribution in [0.4, 0.5) is 0 Å². The Balaban J connectivity index is 1.99. The maximum atomic E-state index is 12.2. The molecule has 0 aliphatic heterocycles. The van der Waals surface area contributed by atoms with Crippen LogP contribution in [0.3, 0.4) is 0 Å². The summed E-state index contributed by atoms with van der Waals surface area (Å²) in [5, 5.41) is 6.98.